The lowest BCUT2D eigenvalue weighted by Crippen LogP contribution is -2.30. The highest BCUT2D eigenvalue weighted by atomic mass is 19.1. The van der Waals surface area contributed by atoms with E-state index in [2.05, 4.69) is 4.98 Å². The predicted molar refractivity (Wildman–Crippen MR) is 88.5 cm³/mol. The molecule has 0 aliphatic carbocycles. The van der Waals surface area contributed by atoms with Gasteiger partial charge in [-0.3, -0.25) is 4.79 Å². The van der Waals surface area contributed by atoms with Gasteiger partial charge in [-0.15, -0.1) is 0 Å². The van der Waals surface area contributed by atoms with E-state index in [-0.39, 0.29) is 17.8 Å². The smallest absolute Gasteiger partial charge is 0.339 e. The molecule has 6 heteroatoms. The molecule has 1 N–H and O–H groups in total. The van der Waals surface area contributed by atoms with Crippen LogP contribution in [-0.2, 0) is 4.74 Å². The van der Waals surface area contributed by atoms with E-state index in [1.54, 1.807) is 37.9 Å². The van der Waals surface area contributed by atoms with Crippen LogP contribution in [-0.4, -0.2) is 35.9 Å². The molecule has 2 aromatic rings. The Labute approximate surface area is 140 Å². The van der Waals surface area contributed by atoms with Crippen LogP contribution in [0.15, 0.2) is 24.3 Å². The molecule has 0 radical (unpaired) electrons. The molecule has 128 valence electrons. The van der Waals surface area contributed by atoms with Crippen molar-refractivity contribution in [3.63, 3.8) is 0 Å². The number of amides is 1. The van der Waals surface area contributed by atoms with Crippen molar-refractivity contribution in [1.82, 2.24) is 9.88 Å². The lowest BCUT2D eigenvalue weighted by atomic mass is 10.1. The average molecular weight is 332 g/mol. The molecule has 1 aromatic carbocycles. The zero-order chi connectivity index (χ0) is 18.0. The van der Waals surface area contributed by atoms with Gasteiger partial charge in [0.25, 0.3) is 5.91 Å². The number of carbonyl (C=O) groups excluding carboxylic acids is 2. The van der Waals surface area contributed by atoms with Crippen LogP contribution in [0, 0.1) is 19.7 Å². The van der Waals surface area contributed by atoms with Crippen molar-refractivity contribution in [3.8, 4) is 0 Å². The fourth-order valence-electron chi connectivity index (χ4n) is 2.69. The minimum atomic E-state index is -0.477. The molecule has 0 saturated heterocycles. The summed E-state index contributed by atoms with van der Waals surface area (Å²) in [7, 11) is 2.97. The number of nitrogens with one attached hydrogen (secondary N) is 1. The summed E-state index contributed by atoms with van der Waals surface area (Å²) in [5, 5.41) is 0. The van der Waals surface area contributed by atoms with Crippen molar-refractivity contribution in [2.75, 3.05) is 14.2 Å². The van der Waals surface area contributed by atoms with Gasteiger partial charge in [-0.25, -0.2) is 9.18 Å². The van der Waals surface area contributed by atoms with Gasteiger partial charge in [0, 0.05) is 12.7 Å². The summed E-state index contributed by atoms with van der Waals surface area (Å²) in [6, 6.07) is 5.78. The Bertz CT molecular complexity index is 765. The monoisotopic (exact) mass is 332 g/mol. The van der Waals surface area contributed by atoms with E-state index in [0.29, 0.717) is 22.5 Å². The van der Waals surface area contributed by atoms with Crippen LogP contribution in [0.4, 0.5) is 4.39 Å². The second-order valence-electron chi connectivity index (χ2n) is 5.76. The lowest BCUT2D eigenvalue weighted by molar-refractivity contribution is 0.0599. The Hall–Kier alpha value is -2.63. The molecule has 0 saturated carbocycles. The van der Waals surface area contributed by atoms with Gasteiger partial charge in [0.15, 0.2) is 0 Å². The number of rotatable bonds is 4. The Kier molecular flexibility index (Phi) is 5.07. The summed E-state index contributed by atoms with van der Waals surface area (Å²) >= 11 is 0. The zero-order valence-corrected chi connectivity index (χ0v) is 14.4. The van der Waals surface area contributed by atoms with Gasteiger partial charge in [0.2, 0.25) is 0 Å². The maximum absolute atomic E-state index is 13.1. The number of aromatic nitrogens is 1. The third-order valence-corrected chi connectivity index (χ3v) is 4.29. The summed E-state index contributed by atoms with van der Waals surface area (Å²) in [4.78, 5) is 29.2. The molecule has 1 heterocycles. The Balaban J connectivity index is 2.31. The number of aromatic amines is 1. The largest absolute Gasteiger partial charge is 0.465 e. The standard InChI is InChI=1S/C18H21FN2O3/c1-10-15(18(23)24-5)11(2)20-16(10)17(22)21(4)12(3)13-6-8-14(19)9-7-13/h6-9,12,20H,1-5H3. The number of hydrogen-bond donors (Lipinski definition) is 1. The molecule has 1 aromatic heterocycles. The zero-order valence-electron chi connectivity index (χ0n) is 14.4. The first kappa shape index (κ1) is 17.7. The molecule has 1 atom stereocenters. The van der Waals surface area contributed by atoms with Gasteiger partial charge >= 0.3 is 5.97 Å². The van der Waals surface area contributed by atoms with E-state index in [1.165, 1.54) is 19.2 Å². The number of hydrogen-bond acceptors (Lipinski definition) is 3. The topological polar surface area (TPSA) is 62.4 Å². The molecule has 0 aliphatic rings. The lowest BCUT2D eigenvalue weighted by Gasteiger charge is -2.25. The van der Waals surface area contributed by atoms with Gasteiger partial charge in [-0.05, 0) is 44.0 Å². The molecule has 0 aliphatic heterocycles. The number of methoxy groups -OCH3 is 1. The normalized spacial score (nSPS) is 11.9. The van der Waals surface area contributed by atoms with Crippen LogP contribution in [0.3, 0.4) is 0 Å². The van der Waals surface area contributed by atoms with Crippen LogP contribution in [0.2, 0.25) is 0 Å². The molecule has 1 unspecified atom stereocenters. The minimum Gasteiger partial charge on any atom is -0.465 e. The average Bonchev–Trinajstić information content (AvgIpc) is 2.87. The number of H-pyrrole nitrogens is 1. The third kappa shape index (κ3) is 3.18. The van der Waals surface area contributed by atoms with Crippen molar-refractivity contribution in [2.45, 2.75) is 26.8 Å². The van der Waals surface area contributed by atoms with Gasteiger partial charge in [0.1, 0.15) is 11.5 Å². The van der Waals surface area contributed by atoms with Crippen molar-refractivity contribution >= 4 is 11.9 Å². The summed E-state index contributed by atoms with van der Waals surface area (Å²) in [6.07, 6.45) is 0. The van der Waals surface area contributed by atoms with Crippen LogP contribution in [0.1, 0.15) is 50.6 Å². The second kappa shape index (κ2) is 6.86. The first-order chi connectivity index (χ1) is 11.3. The molecule has 1 amide bonds. The van der Waals surface area contributed by atoms with Crippen molar-refractivity contribution < 1.29 is 18.7 Å². The van der Waals surface area contributed by atoms with Crippen LogP contribution < -0.4 is 0 Å². The number of carbonyl (C=O) groups is 2. The number of aryl methyl sites for hydroxylation is 1. The van der Waals surface area contributed by atoms with E-state index in [4.69, 9.17) is 4.74 Å². The molecule has 0 spiro atoms. The highest BCUT2D eigenvalue weighted by Crippen LogP contribution is 2.24. The summed E-state index contributed by atoms with van der Waals surface area (Å²) in [5.41, 5.74) is 2.70. The van der Waals surface area contributed by atoms with E-state index in [9.17, 15) is 14.0 Å². The van der Waals surface area contributed by atoms with Crippen LogP contribution >= 0.6 is 0 Å². The summed E-state index contributed by atoms with van der Waals surface area (Å²) < 4.78 is 17.8. The second-order valence-corrected chi connectivity index (χ2v) is 5.76. The molecule has 0 fully saturated rings. The minimum absolute atomic E-state index is 0.248. The molecule has 5 nitrogen and oxygen atoms in total. The summed E-state index contributed by atoms with van der Waals surface area (Å²) in [5.74, 6) is -1.05. The fourth-order valence-corrected chi connectivity index (χ4v) is 2.69. The Morgan fingerprint density at radius 1 is 1.21 bits per heavy atom. The molecular weight excluding hydrogens is 311 g/mol. The van der Waals surface area contributed by atoms with Crippen LogP contribution in [0.5, 0.6) is 0 Å². The Morgan fingerprint density at radius 2 is 1.79 bits per heavy atom. The Morgan fingerprint density at radius 3 is 2.33 bits per heavy atom. The predicted octanol–water partition coefficient (Wildman–Crippen LogP) is 3.39. The van der Waals surface area contributed by atoms with Gasteiger partial charge in [-0.2, -0.15) is 0 Å². The highest BCUT2D eigenvalue weighted by Gasteiger charge is 2.26. The van der Waals surface area contributed by atoms with E-state index < -0.39 is 5.97 Å². The molecule has 2 rings (SSSR count). The molecule has 24 heavy (non-hydrogen) atoms. The molecule has 0 bridgehead atoms. The van der Waals surface area contributed by atoms with Crippen molar-refractivity contribution in [3.05, 3.63) is 58.2 Å². The van der Waals surface area contributed by atoms with Crippen molar-refractivity contribution in [2.24, 2.45) is 0 Å². The van der Waals surface area contributed by atoms with Crippen molar-refractivity contribution in [1.29, 1.82) is 0 Å². The number of ether oxygens (including phenoxy) is 1. The maximum Gasteiger partial charge on any atom is 0.339 e. The van der Waals surface area contributed by atoms with Gasteiger partial charge in [0.05, 0.1) is 18.7 Å². The number of nitrogens with zero attached hydrogens (tertiary/aromatic N) is 1. The summed E-state index contributed by atoms with van der Waals surface area (Å²) in [6.45, 7) is 5.29. The van der Waals surface area contributed by atoms with Gasteiger partial charge < -0.3 is 14.6 Å². The quantitative estimate of drug-likeness (QED) is 0.873. The first-order valence-corrected chi connectivity index (χ1v) is 7.58. The molecular formula is C18H21FN2O3. The maximum atomic E-state index is 13.1. The third-order valence-electron chi connectivity index (χ3n) is 4.29. The number of esters is 1. The first-order valence-electron chi connectivity index (χ1n) is 7.58. The fraction of sp³-hybridized carbons (Fsp3) is 0.333. The van der Waals surface area contributed by atoms with Crippen LogP contribution in [0.25, 0.3) is 0 Å². The van der Waals surface area contributed by atoms with E-state index in [0.717, 1.165) is 5.56 Å². The highest BCUT2D eigenvalue weighted by molar-refractivity contribution is 6.00. The number of halogens is 1. The number of benzene rings is 1. The van der Waals surface area contributed by atoms with Gasteiger partial charge in [-0.1, -0.05) is 12.1 Å². The van der Waals surface area contributed by atoms with E-state index in [1.807, 2.05) is 6.92 Å². The van der Waals surface area contributed by atoms with E-state index >= 15 is 0 Å². The SMILES string of the molecule is COC(=O)c1c(C)[nH]c(C(=O)N(C)C(C)c2ccc(F)cc2)c1C.